The standard InChI is InChI=1S/C12H20N2O/c1-3-6-11(14-9-10-15-2)12-7-4-5-8-13-12/h4-5,7-8,11,14H,3,6,9-10H2,1-2H3. The van der Waals surface area contributed by atoms with Gasteiger partial charge in [0.15, 0.2) is 0 Å². The Morgan fingerprint density at radius 3 is 2.93 bits per heavy atom. The van der Waals surface area contributed by atoms with E-state index in [1.54, 1.807) is 7.11 Å². The van der Waals surface area contributed by atoms with E-state index in [2.05, 4.69) is 23.3 Å². The van der Waals surface area contributed by atoms with Crippen LogP contribution in [0.15, 0.2) is 24.4 Å². The van der Waals surface area contributed by atoms with E-state index >= 15 is 0 Å². The summed E-state index contributed by atoms with van der Waals surface area (Å²) >= 11 is 0. The van der Waals surface area contributed by atoms with Gasteiger partial charge < -0.3 is 10.1 Å². The number of nitrogens with one attached hydrogen (secondary N) is 1. The van der Waals surface area contributed by atoms with Gasteiger partial charge in [-0.05, 0) is 18.6 Å². The molecule has 1 aromatic heterocycles. The highest BCUT2D eigenvalue weighted by molar-refractivity contribution is 5.08. The molecule has 1 aromatic rings. The average Bonchev–Trinajstić information content (AvgIpc) is 2.29. The van der Waals surface area contributed by atoms with Gasteiger partial charge in [0.1, 0.15) is 0 Å². The molecule has 15 heavy (non-hydrogen) atoms. The largest absolute Gasteiger partial charge is 0.383 e. The SMILES string of the molecule is CCCC(NCCOC)c1ccccn1. The lowest BCUT2D eigenvalue weighted by Crippen LogP contribution is -2.25. The normalized spacial score (nSPS) is 12.7. The minimum Gasteiger partial charge on any atom is -0.383 e. The molecule has 1 N–H and O–H groups in total. The molecule has 0 aliphatic rings. The summed E-state index contributed by atoms with van der Waals surface area (Å²) in [5.74, 6) is 0. The van der Waals surface area contributed by atoms with Gasteiger partial charge in [0.25, 0.3) is 0 Å². The second kappa shape index (κ2) is 7.37. The second-order valence-electron chi connectivity index (χ2n) is 3.54. The smallest absolute Gasteiger partial charge is 0.0587 e. The molecule has 0 saturated heterocycles. The highest BCUT2D eigenvalue weighted by atomic mass is 16.5. The number of methoxy groups -OCH3 is 1. The van der Waals surface area contributed by atoms with Gasteiger partial charge in [0, 0.05) is 25.9 Å². The van der Waals surface area contributed by atoms with Crippen molar-refractivity contribution in [3.05, 3.63) is 30.1 Å². The van der Waals surface area contributed by atoms with Crippen LogP contribution in [0, 0.1) is 0 Å². The topological polar surface area (TPSA) is 34.1 Å². The maximum atomic E-state index is 5.02. The van der Waals surface area contributed by atoms with Crippen LogP contribution in [-0.4, -0.2) is 25.2 Å². The van der Waals surface area contributed by atoms with Crippen LogP contribution in [0.25, 0.3) is 0 Å². The molecule has 0 aliphatic carbocycles. The maximum Gasteiger partial charge on any atom is 0.0587 e. The van der Waals surface area contributed by atoms with Crippen LogP contribution in [0.1, 0.15) is 31.5 Å². The van der Waals surface area contributed by atoms with E-state index in [1.807, 2.05) is 18.3 Å². The molecule has 0 amide bonds. The number of pyridine rings is 1. The van der Waals surface area contributed by atoms with Gasteiger partial charge in [-0.3, -0.25) is 4.98 Å². The van der Waals surface area contributed by atoms with Crippen molar-refractivity contribution in [1.82, 2.24) is 10.3 Å². The molecular weight excluding hydrogens is 188 g/mol. The van der Waals surface area contributed by atoms with Crippen LogP contribution < -0.4 is 5.32 Å². The summed E-state index contributed by atoms with van der Waals surface area (Å²) in [6, 6.07) is 6.40. The van der Waals surface area contributed by atoms with Gasteiger partial charge in [-0.25, -0.2) is 0 Å². The summed E-state index contributed by atoms with van der Waals surface area (Å²) in [7, 11) is 1.72. The van der Waals surface area contributed by atoms with Crippen molar-refractivity contribution in [1.29, 1.82) is 0 Å². The van der Waals surface area contributed by atoms with Crippen LogP contribution >= 0.6 is 0 Å². The van der Waals surface area contributed by atoms with E-state index in [1.165, 1.54) is 0 Å². The summed E-state index contributed by atoms with van der Waals surface area (Å²) in [6.45, 7) is 3.80. The summed E-state index contributed by atoms with van der Waals surface area (Å²) in [4.78, 5) is 4.37. The minimum absolute atomic E-state index is 0.353. The maximum absolute atomic E-state index is 5.02. The lowest BCUT2D eigenvalue weighted by Gasteiger charge is -2.17. The van der Waals surface area contributed by atoms with Crippen molar-refractivity contribution in [2.75, 3.05) is 20.3 Å². The fraction of sp³-hybridized carbons (Fsp3) is 0.583. The van der Waals surface area contributed by atoms with Gasteiger partial charge in [-0.2, -0.15) is 0 Å². The Labute approximate surface area is 91.9 Å². The monoisotopic (exact) mass is 208 g/mol. The van der Waals surface area contributed by atoms with Crippen LogP contribution in [0.5, 0.6) is 0 Å². The summed E-state index contributed by atoms with van der Waals surface area (Å²) in [5.41, 5.74) is 1.12. The van der Waals surface area contributed by atoms with Crippen LogP contribution in [0.4, 0.5) is 0 Å². The third-order valence-electron chi connectivity index (χ3n) is 2.32. The Kier molecular flexibility index (Phi) is 5.97. The van der Waals surface area contributed by atoms with Gasteiger partial charge in [0.05, 0.1) is 12.3 Å². The number of ether oxygens (including phenoxy) is 1. The van der Waals surface area contributed by atoms with Gasteiger partial charge in [0.2, 0.25) is 0 Å². The van der Waals surface area contributed by atoms with Crippen molar-refractivity contribution < 1.29 is 4.74 Å². The molecule has 0 aliphatic heterocycles. The van der Waals surface area contributed by atoms with E-state index < -0.39 is 0 Å². The van der Waals surface area contributed by atoms with E-state index in [-0.39, 0.29) is 0 Å². The Morgan fingerprint density at radius 2 is 2.33 bits per heavy atom. The Balaban J connectivity index is 2.50. The van der Waals surface area contributed by atoms with Crippen LogP contribution in [-0.2, 0) is 4.74 Å². The third-order valence-corrected chi connectivity index (χ3v) is 2.32. The first-order valence-corrected chi connectivity index (χ1v) is 5.51. The van der Waals surface area contributed by atoms with Gasteiger partial charge >= 0.3 is 0 Å². The van der Waals surface area contributed by atoms with Crippen molar-refractivity contribution >= 4 is 0 Å². The number of aromatic nitrogens is 1. The van der Waals surface area contributed by atoms with Gasteiger partial charge in [-0.15, -0.1) is 0 Å². The van der Waals surface area contributed by atoms with E-state index in [9.17, 15) is 0 Å². The molecule has 0 aromatic carbocycles. The molecule has 3 heteroatoms. The zero-order chi connectivity index (χ0) is 10.9. The summed E-state index contributed by atoms with van der Waals surface area (Å²) < 4.78 is 5.02. The van der Waals surface area contributed by atoms with Crippen LogP contribution in [0.3, 0.4) is 0 Å². The van der Waals surface area contributed by atoms with Crippen molar-refractivity contribution in [3.63, 3.8) is 0 Å². The zero-order valence-corrected chi connectivity index (χ0v) is 9.57. The number of nitrogens with zero attached hydrogens (tertiary/aromatic N) is 1. The Morgan fingerprint density at radius 1 is 1.47 bits per heavy atom. The fourth-order valence-electron chi connectivity index (χ4n) is 1.56. The molecule has 1 unspecified atom stereocenters. The van der Waals surface area contributed by atoms with Crippen molar-refractivity contribution in [3.8, 4) is 0 Å². The number of hydrogen-bond acceptors (Lipinski definition) is 3. The van der Waals surface area contributed by atoms with Crippen molar-refractivity contribution in [2.45, 2.75) is 25.8 Å². The molecule has 0 radical (unpaired) electrons. The second-order valence-corrected chi connectivity index (χ2v) is 3.54. The predicted molar refractivity (Wildman–Crippen MR) is 61.8 cm³/mol. The summed E-state index contributed by atoms with van der Waals surface area (Å²) in [6.07, 6.45) is 4.11. The van der Waals surface area contributed by atoms with E-state index in [0.29, 0.717) is 6.04 Å². The molecule has 1 heterocycles. The lowest BCUT2D eigenvalue weighted by atomic mass is 10.1. The molecule has 0 spiro atoms. The molecule has 0 fully saturated rings. The molecule has 1 atom stereocenters. The fourth-order valence-corrected chi connectivity index (χ4v) is 1.56. The van der Waals surface area contributed by atoms with Crippen LogP contribution in [0.2, 0.25) is 0 Å². The Bertz CT molecular complexity index is 251. The quantitative estimate of drug-likeness (QED) is 0.697. The Hall–Kier alpha value is -0.930. The van der Waals surface area contributed by atoms with E-state index in [0.717, 1.165) is 31.7 Å². The highest BCUT2D eigenvalue weighted by Crippen LogP contribution is 2.15. The lowest BCUT2D eigenvalue weighted by molar-refractivity contribution is 0.194. The molecule has 0 saturated carbocycles. The van der Waals surface area contributed by atoms with Gasteiger partial charge in [-0.1, -0.05) is 19.4 Å². The third kappa shape index (κ3) is 4.40. The molecule has 84 valence electrons. The number of hydrogen-bond donors (Lipinski definition) is 1. The number of rotatable bonds is 7. The first kappa shape index (κ1) is 12.1. The van der Waals surface area contributed by atoms with Crippen molar-refractivity contribution in [2.24, 2.45) is 0 Å². The first-order chi connectivity index (χ1) is 7.38. The minimum atomic E-state index is 0.353. The molecule has 3 nitrogen and oxygen atoms in total. The molecule has 1 rings (SSSR count). The average molecular weight is 208 g/mol. The molecular formula is C12H20N2O. The molecule has 0 bridgehead atoms. The van der Waals surface area contributed by atoms with E-state index in [4.69, 9.17) is 4.74 Å². The zero-order valence-electron chi connectivity index (χ0n) is 9.57. The summed E-state index contributed by atoms with van der Waals surface area (Å²) in [5, 5.41) is 3.45. The predicted octanol–water partition coefficient (Wildman–Crippen LogP) is 2.16. The first-order valence-electron chi connectivity index (χ1n) is 5.51. The highest BCUT2D eigenvalue weighted by Gasteiger charge is 2.09.